The Morgan fingerprint density at radius 3 is 3.15 bits per heavy atom. The van der Waals surface area contributed by atoms with Gasteiger partial charge in [-0.05, 0) is 24.6 Å². The first-order valence-electron chi connectivity index (χ1n) is 3.83. The molecule has 0 saturated carbocycles. The van der Waals surface area contributed by atoms with Crippen molar-refractivity contribution in [2.24, 2.45) is 0 Å². The third-order valence-electron chi connectivity index (χ3n) is 1.44. The third kappa shape index (κ3) is 2.95. The summed E-state index contributed by atoms with van der Waals surface area (Å²) < 4.78 is 5.35. The number of nitrogens with two attached hydrogens (primary N) is 1. The van der Waals surface area contributed by atoms with Crippen molar-refractivity contribution in [3.63, 3.8) is 0 Å². The van der Waals surface area contributed by atoms with Gasteiger partial charge in [-0.15, -0.1) is 0 Å². The number of aromatic nitrogens is 1. The second-order valence-electron chi connectivity index (χ2n) is 2.63. The monoisotopic (exact) mass is 198 g/mol. The molecule has 3 nitrogen and oxygen atoms in total. The highest BCUT2D eigenvalue weighted by Crippen LogP contribution is 2.17. The maximum atomic E-state index is 5.56. The van der Waals surface area contributed by atoms with Crippen molar-refractivity contribution in [2.45, 2.75) is 6.92 Å². The van der Waals surface area contributed by atoms with Gasteiger partial charge in [0.1, 0.15) is 6.61 Å². The summed E-state index contributed by atoms with van der Waals surface area (Å²) in [4.78, 5) is 3.88. The van der Waals surface area contributed by atoms with E-state index in [9.17, 15) is 0 Å². The average molecular weight is 199 g/mol. The Kier molecular flexibility index (Phi) is 3.58. The molecule has 1 heterocycles. The largest absolute Gasteiger partial charge is 0.485 e. The molecule has 0 bridgehead atoms. The van der Waals surface area contributed by atoms with E-state index in [0.29, 0.717) is 18.2 Å². The Balaban J connectivity index is 2.60. The number of halogens is 1. The summed E-state index contributed by atoms with van der Waals surface area (Å²) >= 11 is 5.47. The van der Waals surface area contributed by atoms with Crippen LogP contribution >= 0.6 is 11.6 Å². The highest BCUT2D eigenvalue weighted by Gasteiger charge is 1.99. The smallest absolute Gasteiger partial charge is 0.166 e. The van der Waals surface area contributed by atoms with Gasteiger partial charge in [-0.3, -0.25) is 0 Å². The van der Waals surface area contributed by atoms with Gasteiger partial charge in [-0.25, -0.2) is 4.98 Å². The predicted molar refractivity (Wildman–Crippen MR) is 53.8 cm³/mol. The number of ether oxygens (including phenoxy) is 1. The van der Waals surface area contributed by atoms with Crippen LogP contribution in [0.2, 0.25) is 0 Å². The molecule has 1 aromatic rings. The molecule has 0 spiro atoms. The van der Waals surface area contributed by atoms with Crippen LogP contribution in [0.1, 0.15) is 6.92 Å². The van der Waals surface area contributed by atoms with Gasteiger partial charge in [0, 0.05) is 11.7 Å². The van der Waals surface area contributed by atoms with Gasteiger partial charge in [0.25, 0.3) is 0 Å². The average Bonchev–Trinajstić information content (AvgIpc) is 2.16. The van der Waals surface area contributed by atoms with Crippen molar-refractivity contribution in [3.05, 3.63) is 29.4 Å². The third-order valence-corrected chi connectivity index (χ3v) is 1.81. The molecule has 0 fully saturated rings. The van der Waals surface area contributed by atoms with Crippen LogP contribution in [-0.2, 0) is 0 Å². The van der Waals surface area contributed by atoms with Crippen molar-refractivity contribution in [3.8, 4) is 5.75 Å². The Bertz CT molecular complexity index is 312. The fraction of sp³-hybridized carbons (Fsp3) is 0.222. The molecule has 0 radical (unpaired) electrons. The molecule has 0 saturated heterocycles. The first kappa shape index (κ1) is 9.86. The van der Waals surface area contributed by atoms with Crippen LogP contribution in [0.25, 0.3) is 0 Å². The molecule has 1 aromatic heterocycles. The highest BCUT2D eigenvalue weighted by molar-refractivity contribution is 6.25. The Hall–Kier alpha value is -1.22. The Labute approximate surface area is 82.2 Å². The van der Waals surface area contributed by atoms with E-state index in [4.69, 9.17) is 22.1 Å². The lowest BCUT2D eigenvalue weighted by Crippen LogP contribution is -2.01. The van der Waals surface area contributed by atoms with E-state index in [-0.39, 0.29) is 0 Å². The van der Waals surface area contributed by atoms with Gasteiger partial charge in [0.15, 0.2) is 11.6 Å². The Morgan fingerprint density at radius 1 is 1.77 bits per heavy atom. The van der Waals surface area contributed by atoms with Gasteiger partial charge in [-0.1, -0.05) is 11.6 Å². The molecule has 0 atom stereocenters. The van der Waals surface area contributed by atoms with Crippen LogP contribution in [0.3, 0.4) is 0 Å². The van der Waals surface area contributed by atoms with Crippen LogP contribution in [0.5, 0.6) is 5.75 Å². The molecular formula is C9H11ClN2O. The Morgan fingerprint density at radius 2 is 2.54 bits per heavy atom. The second-order valence-corrected chi connectivity index (χ2v) is 2.85. The molecule has 0 aliphatic carbocycles. The van der Waals surface area contributed by atoms with Crippen molar-refractivity contribution < 1.29 is 4.74 Å². The van der Waals surface area contributed by atoms with Crippen LogP contribution in [-0.4, -0.2) is 11.6 Å². The number of nitrogens with zero attached hydrogens (tertiary/aromatic N) is 1. The van der Waals surface area contributed by atoms with E-state index in [1.807, 2.05) is 6.92 Å². The van der Waals surface area contributed by atoms with E-state index in [2.05, 4.69) is 4.98 Å². The normalized spacial score (nSPS) is 11.4. The number of hydrogen-bond acceptors (Lipinski definition) is 3. The van der Waals surface area contributed by atoms with Crippen LogP contribution in [0, 0.1) is 0 Å². The predicted octanol–water partition coefficient (Wildman–Crippen LogP) is 2.19. The number of hydrogen-bond donors (Lipinski definition) is 1. The zero-order valence-corrected chi connectivity index (χ0v) is 8.08. The van der Waals surface area contributed by atoms with Gasteiger partial charge in [-0.2, -0.15) is 0 Å². The van der Waals surface area contributed by atoms with E-state index in [0.717, 1.165) is 5.57 Å². The molecular weight excluding hydrogens is 188 g/mol. The van der Waals surface area contributed by atoms with Crippen LogP contribution < -0.4 is 10.5 Å². The van der Waals surface area contributed by atoms with Gasteiger partial charge in [0.2, 0.25) is 0 Å². The summed E-state index contributed by atoms with van der Waals surface area (Å²) in [5.41, 5.74) is 7.97. The standard InChI is InChI=1S/C9H11ClN2O/c1-7(5-10)6-13-8-3-2-4-12-9(8)11/h2-5H,6H2,1H3,(H2,11,12)/b7-5-. The summed E-state index contributed by atoms with van der Waals surface area (Å²) in [7, 11) is 0. The summed E-state index contributed by atoms with van der Waals surface area (Å²) in [5, 5.41) is 0. The summed E-state index contributed by atoms with van der Waals surface area (Å²) in [6.07, 6.45) is 1.62. The zero-order chi connectivity index (χ0) is 9.68. The topological polar surface area (TPSA) is 48.1 Å². The summed E-state index contributed by atoms with van der Waals surface area (Å²) in [5.74, 6) is 0.977. The van der Waals surface area contributed by atoms with Crippen molar-refractivity contribution in [1.29, 1.82) is 0 Å². The fourth-order valence-electron chi connectivity index (χ4n) is 0.748. The van der Waals surface area contributed by atoms with E-state index in [1.165, 1.54) is 5.54 Å². The van der Waals surface area contributed by atoms with Gasteiger partial charge in [0.05, 0.1) is 0 Å². The van der Waals surface area contributed by atoms with E-state index in [1.54, 1.807) is 18.3 Å². The summed E-state index contributed by atoms with van der Waals surface area (Å²) in [6, 6.07) is 3.54. The molecule has 0 aliphatic heterocycles. The van der Waals surface area contributed by atoms with E-state index >= 15 is 0 Å². The first-order valence-corrected chi connectivity index (χ1v) is 4.27. The molecule has 13 heavy (non-hydrogen) atoms. The number of nitrogen functional groups attached to an aromatic ring is 1. The molecule has 2 N–H and O–H groups in total. The minimum atomic E-state index is 0.393. The maximum Gasteiger partial charge on any atom is 0.166 e. The van der Waals surface area contributed by atoms with E-state index < -0.39 is 0 Å². The first-order chi connectivity index (χ1) is 6.24. The summed E-state index contributed by atoms with van der Waals surface area (Å²) in [6.45, 7) is 2.30. The lowest BCUT2D eigenvalue weighted by molar-refractivity contribution is 0.353. The van der Waals surface area contributed by atoms with Gasteiger partial charge >= 0.3 is 0 Å². The maximum absolute atomic E-state index is 5.56. The molecule has 0 unspecified atom stereocenters. The van der Waals surface area contributed by atoms with Crippen LogP contribution in [0.4, 0.5) is 5.82 Å². The van der Waals surface area contributed by atoms with Crippen LogP contribution in [0.15, 0.2) is 29.4 Å². The number of rotatable bonds is 3. The van der Waals surface area contributed by atoms with Crippen molar-refractivity contribution in [2.75, 3.05) is 12.3 Å². The minimum Gasteiger partial charge on any atom is -0.485 e. The molecule has 70 valence electrons. The molecule has 0 aromatic carbocycles. The van der Waals surface area contributed by atoms with Crippen molar-refractivity contribution >= 4 is 17.4 Å². The molecule has 0 aliphatic rings. The fourth-order valence-corrected chi connectivity index (χ4v) is 0.811. The quantitative estimate of drug-likeness (QED) is 0.810. The number of pyridine rings is 1. The lowest BCUT2D eigenvalue weighted by atomic mass is 10.4. The number of anilines is 1. The zero-order valence-electron chi connectivity index (χ0n) is 7.33. The molecule has 4 heteroatoms. The SMILES string of the molecule is C/C(=C/Cl)COc1cccnc1N. The molecule has 0 amide bonds. The lowest BCUT2D eigenvalue weighted by Gasteiger charge is -2.06. The highest BCUT2D eigenvalue weighted by atomic mass is 35.5. The van der Waals surface area contributed by atoms with Gasteiger partial charge < -0.3 is 10.5 Å². The second kappa shape index (κ2) is 4.72. The molecule has 1 rings (SSSR count). The minimum absolute atomic E-state index is 0.393. The van der Waals surface area contributed by atoms with Crippen molar-refractivity contribution in [1.82, 2.24) is 4.98 Å².